The molecule has 0 saturated heterocycles. The predicted octanol–water partition coefficient (Wildman–Crippen LogP) is 4.10. The van der Waals surface area contributed by atoms with Crippen LogP contribution < -0.4 is 15.8 Å². The summed E-state index contributed by atoms with van der Waals surface area (Å²) < 4.78 is 43.7. The lowest BCUT2D eigenvalue weighted by atomic mass is 10.0. The van der Waals surface area contributed by atoms with Gasteiger partial charge in [0.15, 0.2) is 5.96 Å². The van der Waals surface area contributed by atoms with Crippen molar-refractivity contribution in [2.45, 2.75) is 18.6 Å². The van der Waals surface area contributed by atoms with E-state index in [9.17, 15) is 13.2 Å². The molecule has 0 aromatic heterocycles. The van der Waals surface area contributed by atoms with Gasteiger partial charge in [-0.3, -0.25) is 0 Å². The average molecular weight is 501 g/mol. The maximum absolute atomic E-state index is 12.7. The van der Waals surface area contributed by atoms with Crippen LogP contribution in [0.25, 0.3) is 0 Å². The Morgan fingerprint density at radius 1 is 1.21 bits per heavy atom. The van der Waals surface area contributed by atoms with E-state index in [1.807, 2.05) is 24.3 Å². The molecule has 148 valence electrons. The molecule has 0 bridgehead atoms. The van der Waals surface area contributed by atoms with Gasteiger partial charge in [-0.2, -0.15) is 13.2 Å². The third kappa shape index (κ3) is 5.79. The smallest absolute Gasteiger partial charge is 0.416 e. The van der Waals surface area contributed by atoms with Crippen LogP contribution in [0.15, 0.2) is 53.5 Å². The summed E-state index contributed by atoms with van der Waals surface area (Å²) in [6, 6.07) is 12.6. The summed E-state index contributed by atoms with van der Waals surface area (Å²) in [6.07, 6.45) is -3.63. The quantitative estimate of drug-likeness (QED) is 0.282. The molecule has 28 heavy (non-hydrogen) atoms. The van der Waals surface area contributed by atoms with Gasteiger partial charge in [0, 0.05) is 17.5 Å². The van der Waals surface area contributed by atoms with Crippen molar-refractivity contribution in [3.05, 3.63) is 65.2 Å². The molecule has 0 aliphatic carbocycles. The molecule has 2 aromatic carbocycles. The number of fused-ring (bicyclic) bond motifs is 1. The molecule has 0 spiro atoms. The lowest BCUT2D eigenvalue weighted by Gasteiger charge is -2.26. The average Bonchev–Trinajstić information content (AvgIpc) is 2.65. The number of nitrogens with zero attached hydrogens (tertiary/aromatic N) is 1. The number of hydrogen-bond donors (Lipinski definition) is 2. The van der Waals surface area contributed by atoms with Crippen LogP contribution in [0.2, 0.25) is 0 Å². The fourth-order valence-corrected chi connectivity index (χ4v) is 2.76. The summed E-state index contributed by atoms with van der Waals surface area (Å²) in [5.74, 6) is 6.44. The molecular weight excluding hydrogens is 482 g/mol. The molecule has 1 unspecified atom stereocenters. The second-order valence-corrected chi connectivity index (χ2v) is 5.95. The number of guanidine groups is 1. The van der Waals surface area contributed by atoms with Gasteiger partial charge in [-0.1, -0.05) is 36.1 Å². The highest BCUT2D eigenvalue weighted by Crippen LogP contribution is 2.31. The van der Waals surface area contributed by atoms with Gasteiger partial charge >= 0.3 is 6.18 Å². The van der Waals surface area contributed by atoms with Crippen LogP contribution in [0.5, 0.6) is 5.75 Å². The van der Waals surface area contributed by atoms with Crippen LogP contribution in [0, 0.1) is 11.8 Å². The first-order valence-electron chi connectivity index (χ1n) is 8.38. The predicted molar refractivity (Wildman–Crippen MR) is 113 cm³/mol. The van der Waals surface area contributed by atoms with Gasteiger partial charge in [0.05, 0.1) is 18.2 Å². The second-order valence-electron chi connectivity index (χ2n) is 5.95. The van der Waals surface area contributed by atoms with Crippen molar-refractivity contribution in [1.29, 1.82) is 0 Å². The van der Waals surface area contributed by atoms with Gasteiger partial charge in [0.2, 0.25) is 0 Å². The van der Waals surface area contributed by atoms with Gasteiger partial charge in [0.25, 0.3) is 0 Å². The van der Waals surface area contributed by atoms with E-state index in [0.717, 1.165) is 29.9 Å². The number of hydrogen-bond acceptors (Lipinski definition) is 2. The Balaban J connectivity index is 0.00000280. The summed E-state index contributed by atoms with van der Waals surface area (Å²) in [5, 5.41) is 3.13. The van der Waals surface area contributed by atoms with Crippen LogP contribution >= 0.6 is 24.0 Å². The van der Waals surface area contributed by atoms with Crippen molar-refractivity contribution in [2.24, 2.45) is 10.7 Å². The molecule has 0 radical (unpaired) electrons. The van der Waals surface area contributed by atoms with Crippen molar-refractivity contribution < 1.29 is 17.9 Å². The second kappa shape index (κ2) is 9.68. The zero-order valence-corrected chi connectivity index (χ0v) is 17.1. The molecule has 0 fully saturated rings. The molecule has 3 N–H and O–H groups in total. The maximum Gasteiger partial charge on any atom is 0.416 e. The van der Waals surface area contributed by atoms with E-state index in [1.165, 1.54) is 12.1 Å². The monoisotopic (exact) mass is 501 g/mol. The van der Waals surface area contributed by atoms with E-state index in [1.54, 1.807) is 0 Å². The molecule has 1 atom stereocenters. The van der Waals surface area contributed by atoms with Crippen LogP contribution in [-0.4, -0.2) is 19.1 Å². The molecule has 1 aliphatic rings. The van der Waals surface area contributed by atoms with Crippen molar-refractivity contribution >= 4 is 29.9 Å². The van der Waals surface area contributed by atoms with E-state index in [0.29, 0.717) is 6.61 Å². The van der Waals surface area contributed by atoms with E-state index in [2.05, 4.69) is 22.2 Å². The fraction of sp³-hybridized carbons (Fsp3) is 0.250. The van der Waals surface area contributed by atoms with Crippen molar-refractivity contribution in [3.63, 3.8) is 0 Å². The number of nitrogens with two attached hydrogens (primary N) is 1. The topological polar surface area (TPSA) is 59.6 Å². The lowest BCUT2D eigenvalue weighted by Crippen LogP contribution is -2.37. The molecule has 3 rings (SSSR count). The van der Waals surface area contributed by atoms with E-state index >= 15 is 0 Å². The van der Waals surface area contributed by atoms with Gasteiger partial charge < -0.3 is 15.8 Å². The number of aliphatic imine (C=N–C) groups is 1. The molecule has 1 aliphatic heterocycles. The number of alkyl halides is 3. The molecular formula is C20H19F3IN3O. The standard InChI is InChI=1S/C20H18F3N3O.HI/c21-20(22,23)15-7-3-5-14(13-15)6-4-11-25-19(24)26-17-10-12-27-18-9-2-1-8-16(17)18;/h1-3,5,7-9,13,17H,10-12H2,(H3,24,25,26);1H. The Morgan fingerprint density at radius 3 is 2.79 bits per heavy atom. The van der Waals surface area contributed by atoms with Crippen molar-refractivity contribution in [3.8, 4) is 17.6 Å². The first kappa shape index (κ1) is 21.9. The normalized spacial score (nSPS) is 16.0. The number of para-hydroxylation sites is 1. The minimum absolute atomic E-state index is 0. The Hall–Kier alpha value is -2.41. The summed E-state index contributed by atoms with van der Waals surface area (Å²) in [5.41, 5.74) is 6.47. The summed E-state index contributed by atoms with van der Waals surface area (Å²) in [6.45, 7) is 0.664. The number of benzene rings is 2. The Kier molecular flexibility index (Phi) is 7.57. The molecule has 4 nitrogen and oxygen atoms in total. The summed E-state index contributed by atoms with van der Waals surface area (Å²) >= 11 is 0. The highest BCUT2D eigenvalue weighted by atomic mass is 127. The number of rotatable bonds is 2. The van der Waals surface area contributed by atoms with Crippen LogP contribution in [0.1, 0.15) is 29.2 Å². The SMILES string of the molecule is I.NC(=NCC#Cc1cccc(C(F)(F)F)c1)NC1CCOc2ccccc21. The maximum atomic E-state index is 12.7. The van der Waals surface area contributed by atoms with E-state index < -0.39 is 11.7 Å². The fourth-order valence-electron chi connectivity index (χ4n) is 2.76. The Morgan fingerprint density at radius 2 is 2.00 bits per heavy atom. The van der Waals surface area contributed by atoms with Gasteiger partial charge in [-0.15, -0.1) is 24.0 Å². The number of halogens is 4. The number of nitrogens with one attached hydrogen (secondary N) is 1. The zero-order chi connectivity index (χ0) is 19.3. The largest absolute Gasteiger partial charge is 0.493 e. The van der Waals surface area contributed by atoms with E-state index in [-0.39, 0.29) is 48.1 Å². The molecule has 0 amide bonds. The van der Waals surface area contributed by atoms with E-state index in [4.69, 9.17) is 10.5 Å². The van der Waals surface area contributed by atoms with Crippen molar-refractivity contribution in [1.82, 2.24) is 5.32 Å². The molecule has 2 aromatic rings. The highest BCUT2D eigenvalue weighted by Gasteiger charge is 2.30. The van der Waals surface area contributed by atoms with Crippen LogP contribution in [-0.2, 0) is 6.18 Å². The number of ether oxygens (including phenoxy) is 1. The van der Waals surface area contributed by atoms with Crippen molar-refractivity contribution in [2.75, 3.05) is 13.2 Å². The third-order valence-electron chi connectivity index (χ3n) is 4.03. The molecule has 0 saturated carbocycles. The van der Waals surface area contributed by atoms with Crippen LogP contribution in [0.3, 0.4) is 0 Å². The summed E-state index contributed by atoms with van der Waals surface area (Å²) in [4.78, 5) is 4.12. The summed E-state index contributed by atoms with van der Waals surface area (Å²) in [7, 11) is 0. The van der Waals surface area contributed by atoms with Crippen LogP contribution in [0.4, 0.5) is 13.2 Å². The lowest BCUT2D eigenvalue weighted by molar-refractivity contribution is -0.137. The molecule has 8 heteroatoms. The minimum Gasteiger partial charge on any atom is -0.493 e. The molecule has 1 heterocycles. The zero-order valence-electron chi connectivity index (χ0n) is 14.8. The highest BCUT2D eigenvalue weighted by molar-refractivity contribution is 14.0. The Labute approximate surface area is 178 Å². The van der Waals surface area contributed by atoms with Gasteiger partial charge in [0.1, 0.15) is 12.3 Å². The first-order valence-corrected chi connectivity index (χ1v) is 8.38. The van der Waals surface area contributed by atoms with Gasteiger partial charge in [-0.05, 0) is 24.3 Å². The third-order valence-corrected chi connectivity index (χ3v) is 4.03. The Bertz CT molecular complexity index is 903. The van der Waals surface area contributed by atoms with Gasteiger partial charge in [-0.25, -0.2) is 4.99 Å². The minimum atomic E-state index is -4.38. The first-order chi connectivity index (χ1) is 12.9.